The van der Waals surface area contributed by atoms with Crippen molar-refractivity contribution < 1.29 is 0 Å². The monoisotopic (exact) mass is 251 g/mol. The Bertz CT molecular complexity index is 581. The fraction of sp³-hybridized carbons (Fsp3) is 0.300. The maximum Gasteiger partial charge on any atom is 0.260 e. The topological polar surface area (TPSA) is 69.5 Å². The van der Waals surface area contributed by atoms with Crippen LogP contribution in [0.1, 0.15) is 12.8 Å². The minimum Gasteiger partial charge on any atom is -0.301 e. The Labute approximate surface area is 100 Å². The molecule has 6 heteroatoms. The van der Waals surface area contributed by atoms with Crippen LogP contribution in [0, 0.1) is 11.3 Å². The van der Waals surface area contributed by atoms with Gasteiger partial charge in [-0.3, -0.25) is 4.79 Å². The Hall–Kier alpha value is -1.32. The average Bonchev–Trinajstić information content (AvgIpc) is 2.73. The minimum absolute atomic E-state index is 0.0889. The Morgan fingerprint density at radius 2 is 2.50 bits per heavy atom. The number of thioether (sulfide) groups is 1. The standard InChI is InChI=1S/C10H9N3OS2/c11-4-1-2-5-16-10-12-8(14)7-3-6-15-9(7)13-10/h3,6H,1-2,5H2,(H,12,13,14). The number of thiophene rings is 1. The summed E-state index contributed by atoms with van der Waals surface area (Å²) in [6, 6.07) is 3.86. The van der Waals surface area contributed by atoms with E-state index in [2.05, 4.69) is 16.0 Å². The van der Waals surface area contributed by atoms with Crippen LogP contribution in [-0.2, 0) is 0 Å². The number of unbranched alkanes of at least 4 members (excludes halogenated alkanes) is 1. The summed E-state index contributed by atoms with van der Waals surface area (Å²) < 4.78 is 0. The van der Waals surface area contributed by atoms with Crippen LogP contribution in [0.2, 0.25) is 0 Å². The highest BCUT2D eigenvalue weighted by atomic mass is 32.2. The minimum atomic E-state index is -0.0889. The molecule has 2 heterocycles. The van der Waals surface area contributed by atoms with Gasteiger partial charge in [0.2, 0.25) is 0 Å². The summed E-state index contributed by atoms with van der Waals surface area (Å²) in [5, 5.41) is 11.5. The first-order valence-electron chi connectivity index (χ1n) is 4.78. The molecule has 0 radical (unpaired) electrons. The lowest BCUT2D eigenvalue weighted by Gasteiger charge is -1.98. The van der Waals surface area contributed by atoms with Crippen molar-refractivity contribution in [1.29, 1.82) is 5.26 Å². The molecule has 0 unspecified atom stereocenters. The van der Waals surface area contributed by atoms with E-state index in [-0.39, 0.29) is 5.56 Å². The molecule has 0 saturated carbocycles. The zero-order valence-electron chi connectivity index (χ0n) is 8.40. The Morgan fingerprint density at radius 3 is 3.31 bits per heavy atom. The van der Waals surface area contributed by atoms with Crippen LogP contribution in [0.3, 0.4) is 0 Å². The molecule has 0 aromatic carbocycles. The Morgan fingerprint density at radius 1 is 1.62 bits per heavy atom. The third kappa shape index (κ3) is 2.43. The molecule has 2 aromatic heterocycles. The number of nitriles is 1. The zero-order chi connectivity index (χ0) is 11.4. The second kappa shape index (κ2) is 5.14. The normalized spacial score (nSPS) is 10.4. The second-order valence-corrected chi connectivity index (χ2v) is 5.10. The van der Waals surface area contributed by atoms with Crippen LogP contribution in [-0.4, -0.2) is 15.7 Å². The summed E-state index contributed by atoms with van der Waals surface area (Å²) in [4.78, 5) is 19.4. The van der Waals surface area contributed by atoms with Crippen molar-refractivity contribution in [1.82, 2.24) is 9.97 Å². The number of hydrogen-bond donors (Lipinski definition) is 1. The van der Waals surface area contributed by atoms with Gasteiger partial charge in [0.25, 0.3) is 5.56 Å². The molecule has 0 atom stereocenters. The predicted octanol–water partition coefficient (Wildman–Crippen LogP) is 2.38. The SMILES string of the molecule is N#CCCCSc1nc2sccc2c(=O)[nH]1. The highest BCUT2D eigenvalue weighted by Gasteiger charge is 2.04. The van der Waals surface area contributed by atoms with Gasteiger partial charge in [0.15, 0.2) is 5.16 Å². The summed E-state index contributed by atoms with van der Waals surface area (Å²) in [5.41, 5.74) is -0.0889. The molecule has 0 aliphatic heterocycles. The quantitative estimate of drug-likeness (QED) is 0.514. The lowest BCUT2D eigenvalue weighted by Crippen LogP contribution is -2.07. The number of nitrogens with one attached hydrogen (secondary N) is 1. The van der Waals surface area contributed by atoms with Crippen LogP contribution < -0.4 is 5.56 Å². The second-order valence-electron chi connectivity index (χ2n) is 3.12. The van der Waals surface area contributed by atoms with Gasteiger partial charge >= 0.3 is 0 Å². The van der Waals surface area contributed by atoms with Gasteiger partial charge in [-0.1, -0.05) is 11.8 Å². The van der Waals surface area contributed by atoms with Crippen molar-refractivity contribution in [2.75, 3.05) is 5.75 Å². The lowest BCUT2D eigenvalue weighted by molar-refractivity contribution is 0.951. The van der Waals surface area contributed by atoms with E-state index in [9.17, 15) is 4.79 Å². The van der Waals surface area contributed by atoms with Crippen LogP contribution in [0.4, 0.5) is 0 Å². The fourth-order valence-corrected chi connectivity index (χ4v) is 2.86. The molecule has 82 valence electrons. The van der Waals surface area contributed by atoms with Gasteiger partial charge in [0, 0.05) is 12.2 Å². The predicted molar refractivity (Wildman–Crippen MR) is 65.8 cm³/mol. The number of nitrogens with zero attached hydrogens (tertiary/aromatic N) is 2. The van der Waals surface area contributed by atoms with Crippen LogP contribution in [0.5, 0.6) is 0 Å². The molecule has 1 N–H and O–H groups in total. The van der Waals surface area contributed by atoms with Crippen molar-refractivity contribution in [3.8, 4) is 6.07 Å². The highest BCUT2D eigenvalue weighted by Crippen LogP contribution is 2.19. The Balaban J connectivity index is 2.13. The molecular weight excluding hydrogens is 242 g/mol. The summed E-state index contributed by atoms with van der Waals surface area (Å²) in [5.74, 6) is 0.799. The van der Waals surface area contributed by atoms with Gasteiger partial charge in [0.1, 0.15) is 4.83 Å². The molecule has 16 heavy (non-hydrogen) atoms. The summed E-state index contributed by atoms with van der Waals surface area (Å²) in [6.45, 7) is 0. The van der Waals surface area contributed by atoms with E-state index in [1.165, 1.54) is 23.1 Å². The lowest BCUT2D eigenvalue weighted by atomic mass is 10.4. The van der Waals surface area contributed by atoms with E-state index in [0.717, 1.165) is 17.0 Å². The molecule has 0 aliphatic rings. The molecular formula is C10H9N3OS2. The third-order valence-corrected chi connectivity index (χ3v) is 3.75. The van der Waals surface area contributed by atoms with Crippen LogP contribution in [0.15, 0.2) is 21.4 Å². The van der Waals surface area contributed by atoms with E-state index in [1.54, 1.807) is 6.07 Å². The molecule has 2 rings (SSSR count). The summed E-state index contributed by atoms with van der Waals surface area (Å²) in [7, 11) is 0. The van der Waals surface area contributed by atoms with Crippen molar-refractivity contribution in [2.45, 2.75) is 18.0 Å². The fourth-order valence-electron chi connectivity index (χ4n) is 1.23. The highest BCUT2D eigenvalue weighted by molar-refractivity contribution is 7.99. The van der Waals surface area contributed by atoms with Gasteiger partial charge < -0.3 is 4.98 Å². The number of hydrogen-bond acceptors (Lipinski definition) is 5. The molecule has 2 aromatic rings. The number of aromatic nitrogens is 2. The first-order valence-corrected chi connectivity index (χ1v) is 6.65. The van der Waals surface area contributed by atoms with Crippen molar-refractivity contribution in [3.63, 3.8) is 0 Å². The number of fused-ring (bicyclic) bond motifs is 1. The zero-order valence-corrected chi connectivity index (χ0v) is 10.0. The number of H-pyrrole nitrogens is 1. The van der Waals surface area contributed by atoms with E-state index in [1.807, 2.05) is 5.38 Å². The van der Waals surface area contributed by atoms with Crippen LogP contribution in [0.25, 0.3) is 10.2 Å². The van der Waals surface area contributed by atoms with Crippen LogP contribution >= 0.6 is 23.1 Å². The molecule has 0 bridgehead atoms. The maximum absolute atomic E-state index is 11.6. The van der Waals surface area contributed by atoms with Crippen molar-refractivity contribution in [3.05, 3.63) is 21.8 Å². The molecule has 0 fully saturated rings. The molecule has 4 nitrogen and oxygen atoms in total. The third-order valence-electron chi connectivity index (χ3n) is 1.98. The number of rotatable bonds is 4. The van der Waals surface area contributed by atoms with Gasteiger partial charge in [-0.2, -0.15) is 5.26 Å². The van der Waals surface area contributed by atoms with Gasteiger partial charge in [-0.25, -0.2) is 4.98 Å². The molecule has 0 saturated heterocycles. The summed E-state index contributed by atoms with van der Waals surface area (Å²) in [6.07, 6.45) is 1.35. The largest absolute Gasteiger partial charge is 0.301 e. The smallest absolute Gasteiger partial charge is 0.260 e. The van der Waals surface area contributed by atoms with Gasteiger partial charge in [-0.05, 0) is 17.9 Å². The first-order chi connectivity index (χ1) is 7.81. The van der Waals surface area contributed by atoms with E-state index in [4.69, 9.17) is 5.26 Å². The molecule has 0 amide bonds. The molecule has 0 aliphatic carbocycles. The van der Waals surface area contributed by atoms with Gasteiger partial charge in [-0.15, -0.1) is 11.3 Å². The Kier molecular flexibility index (Phi) is 3.59. The van der Waals surface area contributed by atoms with E-state index in [0.29, 0.717) is 17.0 Å². The van der Waals surface area contributed by atoms with Crippen molar-refractivity contribution >= 4 is 33.3 Å². The average molecular weight is 251 g/mol. The summed E-state index contributed by atoms with van der Waals surface area (Å²) >= 11 is 2.94. The first kappa shape index (κ1) is 11.2. The number of aromatic amines is 1. The molecule has 0 spiro atoms. The van der Waals surface area contributed by atoms with E-state index >= 15 is 0 Å². The van der Waals surface area contributed by atoms with Crippen molar-refractivity contribution in [2.24, 2.45) is 0 Å². The van der Waals surface area contributed by atoms with E-state index < -0.39 is 0 Å². The van der Waals surface area contributed by atoms with Gasteiger partial charge in [0.05, 0.1) is 11.5 Å². The maximum atomic E-state index is 11.6.